The molecule has 0 bridgehead atoms. The van der Waals surface area contributed by atoms with E-state index >= 15 is 0 Å². The van der Waals surface area contributed by atoms with Crippen LogP contribution in [0.15, 0.2) is 24.4 Å². The number of hydrogen-bond acceptors (Lipinski definition) is 4. The Balaban J connectivity index is 1.80. The average molecular weight is 288 g/mol. The Hall–Kier alpha value is -1.88. The van der Waals surface area contributed by atoms with Crippen molar-refractivity contribution in [3.05, 3.63) is 39.7 Å². The van der Waals surface area contributed by atoms with Gasteiger partial charge in [-0.15, -0.1) is 11.3 Å². The first kappa shape index (κ1) is 13.1. The minimum atomic E-state index is -0.203. The second-order valence-corrected chi connectivity index (χ2v) is 6.37. The Morgan fingerprint density at radius 3 is 3.20 bits per heavy atom. The predicted octanol–water partition coefficient (Wildman–Crippen LogP) is 3.23. The molecule has 104 valence electrons. The Morgan fingerprint density at radius 2 is 2.40 bits per heavy atom. The van der Waals surface area contributed by atoms with E-state index in [1.54, 1.807) is 17.4 Å². The maximum Gasteiger partial charge on any atom is 0.267 e. The van der Waals surface area contributed by atoms with Gasteiger partial charge in [0, 0.05) is 11.1 Å². The van der Waals surface area contributed by atoms with Crippen molar-refractivity contribution in [2.45, 2.75) is 26.2 Å². The van der Waals surface area contributed by atoms with Gasteiger partial charge in [-0.1, -0.05) is 6.92 Å². The number of aromatic hydroxyl groups is 1. The van der Waals surface area contributed by atoms with Gasteiger partial charge in [0.2, 0.25) is 0 Å². The van der Waals surface area contributed by atoms with Crippen molar-refractivity contribution in [3.8, 4) is 5.75 Å². The number of thiophene rings is 1. The number of hydrogen-bond donors (Lipinski definition) is 2. The van der Waals surface area contributed by atoms with Crippen LogP contribution in [0.3, 0.4) is 0 Å². The quantitative estimate of drug-likeness (QED) is 0.892. The summed E-state index contributed by atoms with van der Waals surface area (Å²) in [6.45, 7) is 2.24. The molecule has 0 spiro atoms. The van der Waals surface area contributed by atoms with E-state index in [0.717, 1.165) is 12.8 Å². The molecule has 20 heavy (non-hydrogen) atoms. The molecule has 1 unspecified atom stereocenters. The van der Waals surface area contributed by atoms with Crippen LogP contribution in [-0.2, 0) is 12.8 Å². The van der Waals surface area contributed by atoms with Crippen molar-refractivity contribution in [3.63, 3.8) is 0 Å². The van der Waals surface area contributed by atoms with E-state index in [9.17, 15) is 9.90 Å². The van der Waals surface area contributed by atoms with Gasteiger partial charge in [0.25, 0.3) is 5.91 Å². The van der Waals surface area contributed by atoms with Crippen LogP contribution in [0, 0.1) is 5.92 Å². The first-order valence-corrected chi connectivity index (χ1v) is 7.52. The zero-order chi connectivity index (χ0) is 14.1. The van der Waals surface area contributed by atoms with Crippen LogP contribution >= 0.6 is 11.3 Å². The van der Waals surface area contributed by atoms with Crippen LogP contribution in [0.1, 0.15) is 33.5 Å². The lowest BCUT2D eigenvalue weighted by Crippen LogP contribution is -2.11. The SMILES string of the molecule is CC1CCc2sc(C(=O)Nc3ncccc3O)cc2C1. The third-order valence-corrected chi connectivity index (χ3v) is 4.81. The number of pyridine rings is 1. The van der Waals surface area contributed by atoms with Gasteiger partial charge in [-0.05, 0) is 48.9 Å². The normalized spacial score (nSPS) is 17.6. The lowest BCUT2D eigenvalue weighted by molar-refractivity contribution is 0.102. The van der Waals surface area contributed by atoms with E-state index in [2.05, 4.69) is 17.2 Å². The third-order valence-electron chi connectivity index (χ3n) is 3.57. The fourth-order valence-corrected chi connectivity index (χ4v) is 3.58. The van der Waals surface area contributed by atoms with Gasteiger partial charge in [-0.3, -0.25) is 4.79 Å². The van der Waals surface area contributed by atoms with Crippen molar-refractivity contribution < 1.29 is 9.90 Å². The lowest BCUT2D eigenvalue weighted by atomic mass is 9.90. The standard InChI is InChI=1S/C15H16N2O2S/c1-9-4-5-12-10(7-9)8-13(20-12)15(19)17-14-11(18)3-2-6-16-14/h2-3,6,8-9,18H,4-5,7H2,1H3,(H,16,17,19). The van der Waals surface area contributed by atoms with Crippen LogP contribution in [0.2, 0.25) is 0 Å². The molecule has 0 radical (unpaired) electrons. The summed E-state index contributed by atoms with van der Waals surface area (Å²) in [4.78, 5) is 18.2. The highest BCUT2D eigenvalue weighted by Crippen LogP contribution is 2.32. The minimum absolute atomic E-state index is 0.0178. The van der Waals surface area contributed by atoms with Crippen molar-refractivity contribution >= 4 is 23.1 Å². The first-order chi connectivity index (χ1) is 9.63. The highest BCUT2D eigenvalue weighted by molar-refractivity contribution is 7.14. The van der Waals surface area contributed by atoms with Gasteiger partial charge in [0.15, 0.2) is 11.6 Å². The molecule has 1 atom stereocenters. The molecule has 0 saturated heterocycles. The molecule has 0 saturated carbocycles. The number of nitrogens with one attached hydrogen (secondary N) is 1. The van der Waals surface area contributed by atoms with Gasteiger partial charge in [0.05, 0.1) is 4.88 Å². The van der Waals surface area contributed by atoms with Crippen LogP contribution < -0.4 is 5.32 Å². The molecule has 0 fully saturated rings. The second-order valence-electron chi connectivity index (χ2n) is 5.23. The molecule has 0 aromatic carbocycles. The average Bonchev–Trinajstić information content (AvgIpc) is 2.84. The Bertz CT molecular complexity index is 651. The minimum Gasteiger partial charge on any atom is -0.504 e. The summed E-state index contributed by atoms with van der Waals surface area (Å²) in [6, 6.07) is 5.10. The lowest BCUT2D eigenvalue weighted by Gasteiger charge is -2.16. The number of carbonyl (C=O) groups is 1. The van der Waals surface area contributed by atoms with E-state index in [-0.39, 0.29) is 17.5 Å². The molecule has 2 heterocycles. The molecule has 1 amide bonds. The zero-order valence-corrected chi connectivity index (χ0v) is 12.0. The largest absolute Gasteiger partial charge is 0.504 e. The highest BCUT2D eigenvalue weighted by atomic mass is 32.1. The molecule has 0 aliphatic heterocycles. The van der Waals surface area contributed by atoms with E-state index in [0.29, 0.717) is 10.8 Å². The van der Waals surface area contributed by atoms with E-state index in [1.807, 2.05) is 6.07 Å². The molecule has 2 aromatic rings. The monoisotopic (exact) mass is 288 g/mol. The summed E-state index contributed by atoms with van der Waals surface area (Å²) in [7, 11) is 0. The van der Waals surface area contributed by atoms with Gasteiger partial charge < -0.3 is 10.4 Å². The molecule has 2 aromatic heterocycles. The number of carbonyl (C=O) groups excluding carboxylic acids is 1. The maximum absolute atomic E-state index is 12.2. The van der Waals surface area contributed by atoms with Gasteiger partial charge >= 0.3 is 0 Å². The summed E-state index contributed by atoms with van der Waals surface area (Å²) < 4.78 is 0. The fourth-order valence-electron chi connectivity index (χ4n) is 2.48. The predicted molar refractivity (Wildman–Crippen MR) is 79.4 cm³/mol. The summed E-state index contributed by atoms with van der Waals surface area (Å²) in [6.07, 6.45) is 4.84. The highest BCUT2D eigenvalue weighted by Gasteiger charge is 2.21. The van der Waals surface area contributed by atoms with Gasteiger partial charge in [-0.2, -0.15) is 0 Å². The van der Waals surface area contributed by atoms with Crippen LogP contribution in [0.5, 0.6) is 5.75 Å². The van der Waals surface area contributed by atoms with E-state index in [1.165, 1.54) is 29.1 Å². The molecular formula is C15H16N2O2S. The summed E-state index contributed by atoms with van der Waals surface area (Å²) in [5, 5.41) is 12.3. The summed E-state index contributed by atoms with van der Waals surface area (Å²) >= 11 is 1.55. The molecule has 2 N–H and O–H groups in total. The topological polar surface area (TPSA) is 62.2 Å². The first-order valence-electron chi connectivity index (χ1n) is 6.70. The molecule has 1 aliphatic carbocycles. The van der Waals surface area contributed by atoms with Gasteiger partial charge in [-0.25, -0.2) is 4.98 Å². The third kappa shape index (κ3) is 2.54. The van der Waals surface area contributed by atoms with Crippen molar-refractivity contribution in [2.75, 3.05) is 5.32 Å². The number of fused-ring (bicyclic) bond motifs is 1. The van der Waals surface area contributed by atoms with E-state index < -0.39 is 0 Å². The molecule has 5 heteroatoms. The van der Waals surface area contributed by atoms with Gasteiger partial charge in [0.1, 0.15) is 0 Å². The Morgan fingerprint density at radius 1 is 1.55 bits per heavy atom. The molecular weight excluding hydrogens is 272 g/mol. The molecule has 4 nitrogen and oxygen atoms in total. The number of amides is 1. The van der Waals surface area contributed by atoms with Crippen LogP contribution in [0.4, 0.5) is 5.82 Å². The van der Waals surface area contributed by atoms with Crippen molar-refractivity contribution in [1.29, 1.82) is 0 Å². The van der Waals surface area contributed by atoms with E-state index in [4.69, 9.17) is 0 Å². The zero-order valence-electron chi connectivity index (χ0n) is 11.2. The molecule has 3 rings (SSSR count). The number of nitrogens with zero attached hydrogens (tertiary/aromatic N) is 1. The summed E-state index contributed by atoms with van der Waals surface area (Å²) in [5.41, 5.74) is 1.30. The summed E-state index contributed by atoms with van der Waals surface area (Å²) in [5.74, 6) is 0.673. The maximum atomic E-state index is 12.2. The Kier molecular flexibility index (Phi) is 3.44. The number of aryl methyl sites for hydroxylation is 1. The molecule has 1 aliphatic rings. The number of aromatic nitrogens is 1. The smallest absolute Gasteiger partial charge is 0.267 e. The number of anilines is 1. The number of rotatable bonds is 2. The van der Waals surface area contributed by atoms with Crippen LogP contribution in [-0.4, -0.2) is 16.0 Å². The van der Waals surface area contributed by atoms with Crippen molar-refractivity contribution in [2.24, 2.45) is 5.92 Å². The van der Waals surface area contributed by atoms with Crippen molar-refractivity contribution in [1.82, 2.24) is 4.98 Å². The van der Waals surface area contributed by atoms with Crippen LogP contribution in [0.25, 0.3) is 0 Å². The second kappa shape index (κ2) is 5.25. The fraction of sp³-hybridized carbons (Fsp3) is 0.333. The Labute approximate surface area is 121 Å².